The van der Waals surface area contributed by atoms with E-state index >= 15 is 0 Å². The number of fused-ring (bicyclic) bond motifs is 17. The van der Waals surface area contributed by atoms with Gasteiger partial charge in [-0.3, -0.25) is 0 Å². The molecular formula is C65H40. The summed E-state index contributed by atoms with van der Waals surface area (Å²) in [6.07, 6.45) is 0. The summed E-state index contributed by atoms with van der Waals surface area (Å²) in [7, 11) is 0. The Morgan fingerprint density at radius 1 is 0.200 bits per heavy atom. The fraction of sp³-hybridized carbons (Fsp3) is 0.0154. The maximum atomic E-state index is 2.55. The molecule has 0 nitrogen and oxygen atoms in total. The van der Waals surface area contributed by atoms with E-state index < -0.39 is 5.41 Å². The summed E-state index contributed by atoms with van der Waals surface area (Å²) in [4.78, 5) is 0. The largest absolute Gasteiger partial charge is 0.0714 e. The minimum absolute atomic E-state index is 0.596. The topological polar surface area (TPSA) is 0 Å². The molecule has 0 bridgehead atoms. The van der Waals surface area contributed by atoms with Crippen LogP contribution in [0.2, 0.25) is 0 Å². The average molecular weight is 821 g/mol. The Morgan fingerprint density at radius 2 is 0.554 bits per heavy atom. The molecule has 0 spiro atoms. The molecule has 0 fully saturated rings. The molecule has 0 unspecified atom stereocenters. The lowest BCUT2D eigenvalue weighted by atomic mass is 9.67. The highest BCUT2D eigenvalue weighted by Crippen LogP contribution is 2.60. The molecular weight excluding hydrogens is 781 g/mol. The van der Waals surface area contributed by atoms with Gasteiger partial charge >= 0.3 is 0 Å². The third-order valence-electron chi connectivity index (χ3n) is 14.7. The van der Waals surface area contributed by atoms with Gasteiger partial charge in [-0.15, -0.1) is 0 Å². The molecule has 0 saturated carbocycles. The maximum absolute atomic E-state index is 2.55. The van der Waals surface area contributed by atoms with Crippen LogP contribution in [-0.4, -0.2) is 0 Å². The van der Waals surface area contributed by atoms with Crippen LogP contribution in [0, 0.1) is 0 Å². The zero-order valence-corrected chi connectivity index (χ0v) is 35.6. The highest BCUT2D eigenvalue weighted by atomic mass is 14.5. The van der Waals surface area contributed by atoms with Crippen LogP contribution < -0.4 is 0 Å². The highest BCUT2D eigenvalue weighted by molar-refractivity contribution is 6.27. The molecule has 65 heavy (non-hydrogen) atoms. The summed E-state index contributed by atoms with van der Waals surface area (Å²) in [6, 6.07) is 91.2. The first-order chi connectivity index (χ1) is 32.3. The van der Waals surface area contributed by atoms with E-state index in [1.807, 2.05) is 0 Å². The number of rotatable bonds is 4. The summed E-state index contributed by atoms with van der Waals surface area (Å²) in [5.41, 5.74) is 12.0. The lowest BCUT2D eigenvalue weighted by Gasteiger charge is -2.34. The molecule has 0 amide bonds. The molecule has 0 radical (unpaired) electrons. The fourth-order valence-corrected chi connectivity index (χ4v) is 11.9. The van der Waals surface area contributed by atoms with E-state index in [0.717, 1.165) is 0 Å². The van der Waals surface area contributed by atoms with Gasteiger partial charge in [0.1, 0.15) is 0 Å². The van der Waals surface area contributed by atoms with Crippen LogP contribution in [0.1, 0.15) is 22.3 Å². The second kappa shape index (κ2) is 13.8. The van der Waals surface area contributed by atoms with Crippen LogP contribution in [0.25, 0.3) is 109 Å². The molecule has 0 atom stereocenters. The molecule has 14 rings (SSSR count). The molecule has 1 aliphatic carbocycles. The second-order valence-electron chi connectivity index (χ2n) is 17.8. The maximum Gasteiger partial charge on any atom is 0.0714 e. The lowest BCUT2D eigenvalue weighted by Crippen LogP contribution is -2.28. The summed E-state index contributed by atoms with van der Waals surface area (Å²) >= 11 is 0. The van der Waals surface area contributed by atoms with Crippen molar-refractivity contribution < 1.29 is 0 Å². The van der Waals surface area contributed by atoms with Gasteiger partial charge in [-0.25, -0.2) is 0 Å². The van der Waals surface area contributed by atoms with Crippen molar-refractivity contribution in [2.45, 2.75) is 5.41 Å². The molecule has 1 aliphatic rings. The van der Waals surface area contributed by atoms with Crippen molar-refractivity contribution in [3.63, 3.8) is 0 Å². The van der Waals surface area contributed by atoms with Gasteiger partial charge < -0.3 is 0 Å². The van der Waals surface area contributed by atoms with Gasteiger partial charge in [0, 0.05) is 0 Å². The monoisotopic (exact) mass is 820 g/mol. The van der Waals surface area contributed by atoms with Crippen molar-refractivity contribution in [1.82, 2.24) is 0 Å². The Hall–Kier alpha value is -8.32. The minimum atomic E-state index is -0.596. The number of hydrogen-bond acceptors (Lipinski definition) is 0. The quantitative estimate of drug-likeness (QED) is 0.155. The van der Waals surface area contributed by atoms with Crippen LogP contribution in [-0.2, 0) is 5.41 Å². The van der Waals surface area contributed by atoms with Gasteiger partial charge in [0.15, 0.2) is 0 Å². The molecule has 0 heteroatoms. The smallest absolute Gasteiger partial charge is 0.0622 e. The fourth-order valence-electron chi connectivity index (χ4n) is 11.9. The van der Waals surface area contributed by atoms with Gasteiger partial charge in [0.25, 0.3) is 0 Å². The average Bonchev–Trinajstić information content (AvgIpc) is 3.69. The molecule has 0 aliphatic heterocycles. The molecule has 13 aromatic carbocycles. The summed E-state index contributed by atoms with van der Waals surface area (Å²) < 4.78 is 0. The highest BCUT2D eigenvalue weighted by Gasteiger charge is 2.47. The Labute approximate surface area is 377 Å². The van der Waals surface area contributed by atoms with Gasteiger partial charge in [-0.2, -0.15) is 0 Å². The Kier molecular flexibility index (Phi) is 7.71. The summed E-state index contributed by atoms with van der Waals surface area (Å²) in [5, 5.41) is 18.0. The molecule has 0 saturated heterocycles. The van der Waals surface area contributed by atoms with Crippen molar-refractivity contribution in [1.29, 1.82) is 0 Å². The summed E-state index contributed by atoms with van der Waals surface area (Å²) in [5.74, 6) is 0. The molecule has 0 N–H and O–H groups in total. The standard InChI is InChI=1S/C65H40/c1-3-17-44(18-4-1)65(45-19-5-2-6-20-45)62-39-42(41-31-34-55-50-25-9-7-21-46(50)48-23-11-13-27-52(48)60(55)37-41)32-36-58(62)64-57-30-16-15-29-54(57)59(40-63(64)65)43-33-35-56-51-26-10-8-22-47(51)49-24-12-14-28-53(49)61(56)38-43/h1-40H. The van der Waals surface area contributed by atoms with Crippen LogP contribution in [0.4, 0.5) is 0 Å². The van der Waals surface area contributed by atoms with Crippen molar-refractivity contribution in [3.8, 4) is 33.4 Å². The van der Waals surface area contributed by atoms with Crippen molar-refractivity contribution in [2.75, 3.05) is 0 Å². The van der Waals surface area contributed by atoms with Crippen LogP contribution in [0.15, 0.2) is 243 Å². The van der Waals surface area contributed by atoms with Gasteiger partial charge in [-0.1, -0.05) is 218 Å². The lowest BCUT2D eigenvalue weighted by molar-refractivity contribution is 0.769. The zero-order chi connectivity index (χ0) is 42.6. The molecule has 0 aromatic heterocycles. The van der Waals surface area contributed by atoms with E-state index in [2.05, 4.69) is 243 Å². The van der Waals surface area contributed by atoms with E-state index in [9.17, 15) is 0 Å². The van der Waals surface area contributed by atoms with E-state index in [1.165, 1.54) is 131 Å². The normalized spacial score (nSPS) is 13.0. The Bertz CT molecular complexity index is 3990. The SMILES string of the molecule is c1ccc(C2(c3ccccc3)c3cc(-c4ccc5c6ccccc6c6ccccc6c5c4)ccc3-c3c2cc(-c2ccc4c5ccccc5c5ccccc5c4c2)c2ccccc32)cc1. The van der Waals surface area contributed by atoms with Crippen molar-refractivity contribution in [3.05, 3.63) is 265 Å². The van der Waals surface area contributed by atoms with E-state index in [1.54, 1.807) is 0 Å². The van der Waals surface area contributed by atoms with E-state index in [0.29, 0.717) is 0 Å². The van der Waals surface area contributed by atoms with Crippen LogP contribution >= 0.6 is 0 Å². The summed E-state index contributed by atoms with van der Waals surface area (Å²) in [6.45, 7) is 0. The van der Waals surface area contributed by atoms with Gasteiger partial charge in [0.05, 0.1) is 5.41 Å². The first kappa shape index (κ1) is 36.2. The third-order valence-corrected chi connectivity index (χ3v) is 14.7. The number of benzene rings is 13. The number of hydrogen-bond donors (Lipinski definition) is 0. The van der Waals surface area contributed by atoms with Crippen molar-refractivity contribution >= 4 is 75.4 Å². The van der Waals surface area contributed by atoms with E-state index in [-0.39, 0.29) is 0 Å². The van der Waals surface area contributed by atoms with Crippen molar-refractivity contribution in [2.24, 2.45) is 0 Å². The predicted octanol–water partition coefficient (Wildman–Crippen LogP) is 17.5. The third kappa shape index (κ3) is 5.08. The molecule has 0 heterocycles. The van der Waals surface area contributed by atoms with Crippen LogP contribution in [0.5, 0.6) is 0 Å². The molecule has 13 aromatic rings. The minimum Gasteiger partial charge on any atom is -0.0622 e. The van der Waals surface area contributed by atoms with Gasteiger partial charge in [-0.05, 0) is 155 Å². The molecule has 300 valence electrons. The van der Waals surface area contributed by atoms with E-state index in [4.69, 9.17) is 0 Å². The second-order valence-corrected chi connectivity index (χ2v) is 17.8. The zero-order valence-electron chi connectivity index (χ0n) is 35.6. The Balaban J connectivity index is 1.06. The Morgan fingerprint density at radius 3 is 1.05 bits per heavy atom. The first-order valence-corrected chi connectivity index (χ1v) is 22.7. The van der Waals surface area contributed by atoms with Crippen LogP contribution in [0.3, 0.4) is 0 Å². The van der Waals surface area contributed by atoms with Gasteiger partial charge in [0.2, 0.25) is 0 Å². The first-order valence-electron chi connectivity index (χ1n) is 22.7. The predicted molar refractivity (Wildman–Crippen MR) is 277 cm³/mol.